The van der Waals surface area contributed by atoms with Crippen molar-refractivity contribution in [3.8, 4) is 0 Å². The Bertz CT molecular complexity index is 595. The number of carbonyl (C=O) groups is 2. The van der Waals surface area contributed by atoms with Crippen molar-refractivity contribution in [2.24, 2.45) is 5.41 Å². The van der Waals surface area contributed by atoms with Crippen LogP contribution in [0.1, 0.15) is 58.6 Å². The SMILES string of the molecule is CC(OCCCNC(=O)C1CCCN1C(=O)C(C)(C)C)c1ccccc1. The molecule has 5 heteroatoms. The zero-order valence-electron chi connectivity index (χ0n) is 16.5. The summed E-state index contributed by atoms with van der Waals surface area (Å²) < 4.78 is 5.82. The van der Waals surface area contributed by atoms with Crippen LogP contribution in [0.4, 0.5) is 0 Å². The van der Waals surface area contributed by atoms with E-state index in [-0.39, 0.29) is 24.0 Å². The number of benzene rings is 1. The highest BCUT2D eigenvalue weighted by atomic mass is 16.5. The lowest BCUT2D eigenvalue weighted by atomic mass is 9.94. The fourth-order valence-electron chi connectivity index (χ4n) is 3.20. The zero-order valence-corrected chi connectivity index (χ0v) is 16.5. The molecule has 0 aromatic heterocycles. The van der Waals surface area contributed by atoms with E-state index in [2.05, 4.69) is 5.32 Å². The predicted molar refractivity (Wildman–Crippen MR) is 103 cm³/mol. The number of nitrogens with zero attached hydrogens (tertiary/aromatic N) is 1. The fourth-order valence-corrected chi connectivity index (χ4v) is 3.20. The molecule has 1 aromatic rings. The van der Waals surface area contributed by atoms with Crippen LogP contribution < -0.4 is 5.32 Å². The summed E-state index contributed by atoms with van der Waals surface area (Å²) in [5, 5.41) is 2.96. The Balaban J connectivity index is 1.71. The molecule has 144 valence electrons. The Morgan fingerprint density at radius 3 is 2.62 bits per heavy atom. The van der Waals surface area contributed by atoms with Gasteiger partial charge in [0.2, 0.25) is 11.8 Å². The molecular formula is C21H32N2O3. The molecule has 1 aliphatic rings. The van der Waals surface area contributed by atoms with Gasteiger partial charge in [0.1, 0.15) is 6.04 Å². The second-order valence-corrected chi connectivity index (χ2v) is 7.97. The van der Waals surface area contributed by atoms with E-state index in [1.54, 1.807) is 4.90 Å². The first kappa shape index (κ1) is 20.4. The number of likely N-dealkylation sites (tertiary alicyclic amines) is 1. The maximum Gasteiger partial charge on any atom is 0.242 e. The van der Waals surface area contributed by atoms with Gasteiger partial charge in [0.25, 0.3) is 0 Å². The standard InChI is InChI=1S/C21H32N2O3/c1-16(17-10-6-5-7-11-17)26-15-9-13-22-19(24)18-12-8-14-23(18)20(25)21(2,3)4/h5-7,10-11,16,18H,8-9,12-15H2,1-4H3,(H,22,24). The molecule has 1 heterocycles. The average molecular weight is 360 g/mol. The van der Waals surface area contributed by atoms with Crippen molar-refractivity contribution in [1.82, 2.24) is 10.2 Å². The Kier molecular flexibility index (Phi) is 7.21. The van der Waals surface area contributed by atoms with Crippen molar-refractivity contribution in [1.29, 1.82) is 0 Å². The van der Waals surface area contributed by atoms with Gasteiger partial charge in [-0.15, -0.1) is 0 Å². The molecule has 2 rings (SSSR count). The minimum Gasteiger partial charge on any atom is -0.374 e. The van der Waals surface area contributed by atoms with Crippen LogP contribution in [0.15, 0.2) is 30.3 Å². The number of ether oxygens (including phenoxy) is 1. The molecule has 1 aromatic carbocycles. The molecule has 1 saturated heterocycles. The van der Waals surface area contributed by atoms with Crippen LogP contribution in [0.25, 0.3) is 0 Å². The lowest BCUT2D eigenvalue weighted by Crippen LogP contribution is -2.49. The maximum absolute atomic E-state index is 12.5. The van der Waals surface area contributed by atoms with Gasteiger partial charge in [-0.25, -0.2) is 0 Å². The van der Waals surface area contributed by atoms with E-state index >= 15 is 0 Å². The van der Waals surface area contributed by atoms with Gasteiger partial charge < -0.3 is 15.0 Å². The summed E-state index contributed by atoms with van der Waals surface area (Å²) in [5.41, 5.74) is 0.698. The van der Waals surface area contributed by atoms with E-state index < -0.39 is 5.41 Å². The normalized spacial score (nSPS) is 18.6. The van der Waals surface area contributed by atoms with Crippen LogP contribution in [0.5, 0.6) is 0 Å². The number of hydrogen-bond donors (Lipinski definition) is 1. The second-order valence-electron chi connectivity index (χ2n) is 7.97. The topological polar surface area (TPSA) is 58.6 Å². The molecule has 2 amide bonds. The second kappa shape index (κ2) is 9.17. The van der Waals surface area contributed by atoms with E-state index in [9.17, 15) is 9.59 Å². The van der Waals surface area contributed by atoms with Gasteiger partial charge in [-0.1, -0.05) is 51.1 Å². The zero-order chi connectivity index (χ0) is 19.2. The van der Waals surface area contributed by atoms with Crippen LogP contribution in [-0.2, 0) is 14.3 Å². The van der Waals surface area contributed by atoms with Crippen LogP contribution >= 0.6 is 0 Å². The van der Waals surface area contributed by atoms with E-state index in [1.165, 1.54) is 0 Å². The van der Waals surface area contributed by atoms with Crippen LogP contribution in [-0.4, -0.2) is 42.5 Å². The Hall–Kier alpha value is -1.88. The molecule has 0 radical (unpaired) electrons. The Morgan fingerprint density at radius 2 is 1.96 bits per heavy atom. The van der Waals surface area contributed by atoms with Gasteiger partial charge in [-0.2, -0.15) is 0 Å². The number of hydrogen-bond acceptors (Lipinski definition) is 3. The quantitative estimate of drug-likeness (QED) is 0.759. The van der Waals surface area contributed by atoms with Gasteiger partial charge >= 0.3 is 0 Å². The van der Waals surface area contributed by atoms with Crippen LogP contribution in [0.2, 0.25) is 0 Å². The first-order valence-electron chi connectivity index (χ1n) is 9.56. The summed E-state index contributed by atoms with van der Waals surface area (Å²) in [6.45, 7) is 9.55. The average Bonchev–Trinajstić information content (AvgIpc) is 3.10. The molecule has 0 bridgehead atoms. The summed E-state index contributed by atoms with van der Waals surface area (Å²) >= 11 is 0. The van der Waals surface area contributed by atoms with E-state index in [1.807, 2.05) is 58.0 Å². The molecule has 5 nitrogen and oxygen atoms in total. The number of amides is 2. The molecule has 1 N–H and O–H groups in total. The van der Waals surface area contributed by atoms with Crippen molar-refractivity contribution >= 4 is 11.8 Å². The summed E-state index contributed by atoms with van der Waals surface area (Å²) in [6.07, 6.45) is 2.43. The monoisotopic (exact) mass is 360 g/mol. The Labute approximate surface area is 157 Å². The first-order valence-corrected chi connectivity index (χ1v) is 9.56. The largest absolute Gasteiger partial charge is 0.374 e. The van der Waals surface area contributed by atoms with Crippen molar-refractivity contribution < 1.29 is 14.3 Å². The molecular weight excluding hydrogens is 328 g/mol. The maximum atomic E-state index is 12.5. The molecule has 0 saturated carbocycles. The van der Waals surface area contributed by atoms with Gasteiger partial charge in [0.15, 0.2) is 0 Å². The molecule has 1 aliphatic heterocycles. The molecule has 2 unspecified atom stereocenters. The molecule has 0 spiro atoms. The number of nitrogens with one attached hydrogen (secondary N) is 1. The minimum atomic E-state index is -0.454. The summed E-state index contributed by atoms with van der Waals surface area (Å²) in [5.74, 6) is 0.00590. The number of carbonyl (C=O) groups excluding carboxylic acids is 2. The summed E-state index contributed by atoms with van der Waals surface area (Å²) in [7, 11) is 0. The highest BCUT2D eigenvalue weighted by Crippen LogP contribution is 2.25. The van der Waals surface area contributed by atoms with Gasteiger partial charge in [0.05, 0.1) is 6.10 Å². The third-order valence-corrected chi connectivity index (χ3v) is 4.72. The molecule has 2 atom stereocenters. The smallest absolute Gasteiger partial charge is 0.242 e. The fraction of sp³-hybridized carbons (Fsp3) is 0.619. The predicted octanol–water partition coefficient (Wildman–Crippen LogP) is 3.31. The van der Waals surface area contributed by atoms with E-state index in [4.69, 9.17) is 4.74 Å². The van der Waals surface area contributed by atoms with Crippen LogP contribution in [0.3, 0.4) is 0 Å². The first-order chi connectivity index (χ1) is 12.3. The summed E-state index contributed by atoms with van der Waals surface area (Å²) in [6, 6.07) is 9.76. The highest BCUT2D eigenvalue weighted by molar-refractivity contribution is 5.90. The van der Waals surface area contributed by atoms with E-state index in [0.29, 0.717) is 19.7 Å². The lowest BCUT2D eigenvalue weighted by Gasteiger charge is -2.30. The Morgan fingerprint density at radius 1 is 1.27 bits per heavy atom. The lowest BCUT2D eigenvalue weighted by molar-refractivity contribution is -0.144. The van der Waals surface area contributed by atoms with Crippen LogP contribution in [0, 0.1) is 5.41 Å². The third kappa shape index (κ3) is 5.56. The number of rotatable bonds is 7. The summed E-state index contributed by atoms with van der Waals surface area (Å²) in [4.78, 5) is 26.7. The van der Waals surface area contributed by atoms with Crippen molar-refractivity contribution in [3.63, 3.8) is 0 Å². The van der Waals surface area contributed by atoms with Gasteiger partial charge in [-0.05, 0) is 31.7 Å². The molecule has 0 aliphatic carbocycles. The van der Waals surface area contributed by atoms with Crippen molar-refractivity contribution in [3.05, 3.63) is 35.9 Å². The molecule has 1 fully saturated rings. The third-order valence-electron chi connectivity index (χ3n) is 4.72. The van der Waals surface area contributed by atoms with Gasteiger partial charge in [0, 0.05) is 25.1 Å². The molecule has 26 heavy (non-hydrogen) atoms. The minimum absolute atomic E-state index is 0.0432. The highest BCUT2D eigenvalue weighted by Gasteiger charge is 2.38. The van der Waals surface area contributed by atoms with Crippen molar-refractivity contribution in [2.75, 3.05) is 19.7 Å². The van der Waals surface area contributed by atoms with Gasteiger partial charge in [-0.3, -0.25) is 9.59 Å². The van der Waals surface area contributed by atoms with E-state index in [0.717, 1.165) is 24.8 Å². The van der Waals surface area contributed by atoms with Crippen molar-refractivity contribution in [2.45, 2.75) is 59.1 Å².